The van der Waals surface area contributed by atoms with E-state index in [-0.39, 0.29) is 11.9 Å². The Morgan fingerprint density at radius 2 is 1.57 bits per heavy atom. The Kier molecular flexibility index (Phi) is 6.42. The van der Waals surface area contributed by atoms with Crippen molar-refractivity contribution < 1.29 is 9.59 Å². The summed E-state index contributed by atoms with van der Waals surface area (Å²) in [5.74, 6) is 0.727. The first kappa shape index (κ1) is 22.9. The van der Waals surface area contributed by atoms with Gasteiger partial charge in [-0.05, 0) is 59.7 Å². The number of carbonyl (C=O) groups is 2. The number of carbonyl (C=O) groups excluding carboxylic acids is 2. The van der Waals surface area contributed by atoms with E-state index in [2.05, 4.69) is 20.5 Å². The van der Waals surface area contributed by atoms with Gasteiger partial charge in [0.1, 0.15) is 11.9 Å². The Balaban J connectivity index is 1.34. The summed E-state index contributed by atoms with van der Waals surface area (Å²) in [5, 5.41) is 6.48. The van der Waals surface area contributed by atoms with Gasteiger partial charge in [-0.25, -0.2) is 4.79 Å². The van der Waals surface area contributed by atoms with Gasteiger partial charge in [0.05, 0.1) is 6.54 Å². The zero-order chi connectivity index (χ0) is 24.4. The minimum absolute atomic E-state index is 0.228. The van der Waals surface area contributed by atoms with Crippen LogP contribution in [-0.4, -0.2) is 53.8 Å². The molecule has 35 heavy (non-hydrogen) atoms. The molecule has 0 aliphatic carbocycles. The predicted molar refractivity (Wildman–Crippen MR) is 139 cm³/mol. The molecule has 2 heterocycles. The van der Waals surface area contributed by atoms with Crippen LogP contribution in [0, 0.1) is 0 Å². The number of aliphatic imine (C=N–C) groups is 1. The number of urea groups is 1. The highest BCUT2D eigenvalue weighted by atomic mass is 35.5. The first-order valence-corrected chi connectivity index (χ1v) is 11.9. The third-order valence-corrected chi connectivity index (χ3v) is 6.63. The van der Waals surface area contributed by atoms with E-state index in [0.29, 0.717) is 29.4 Å². The Hall–Kier alpha value is -3.84. The molecule has 178 valence electrons. The number of benzene rings is 3. The van der Waals surface area contributed by atoms with E-state index in [0.717, 1.165) is 35.6 Å². The van der Waals surface area contributed by atoms with Gasteiger partial charge in [0, 0.05) is 48.5 Å². The molecular formula is C27H26ClN5O2. The molecule has 3 aromatic rings. The van der Waals surface area contributed by atoms with Gasteiger partial charge in [-0.1, -0.05) is 35.9 Å². The minimum Gasteiger partial charge on any atom is -0.358 e. The molecule has 8 heteroatoms. The van der Waals surface area contributed by atoms with E-state index in [9.17, 15) is 9.59 Å². The summed E-state index contributed by atoms with van der Waals surface area (Å²) >= 11 is 5.96. The number of amidine groups is 1. The number of halogens is 1. The summed E-state index contributed by atoms with van der Waals surface area (Å²) < 4.78 is 0. The van der Waals surface area contributed by atoms with Crippen molar-refractivity contribution in [2.24, 2.45) is 4.99 Å². The molecule has 0 saturated heterocycles. The molecule has 0 unspecified atom stereocenters. The lowest BCUT2D eigenvalue weighted by Crippen LogP contribution is -2.52. The van der Waals surface area contributed by atoms with Crippen molar-refractivity contribution in [3.05, 3.63) is 94.5 Å². The quantitative estimate of drug-likeness (QED) is 0.563. The summed E-state index contributed by atoms with van der Waals surface area (Å²) in [6.07, 6.45) is 0.440. The molecule has 5 rings (SSSR count). The first-order chi connectivity index (χ1) is 17.0. The largest absolute Gasteiger partial charge is 0.358 e. The smallest absolute Gasteiger partial charge is 0.322 e. The average molecular weight is 488 g/mol. The number of hydrogen-bond acceptors (Lipinski definition) is 4. The molecule has 2 N–H and O–H groups in total. The van der Waals surface area contributed by atoms with Crippen LogP contribution in [-0.2, 0) is 17.8 Å². The molecule has 7 nitrogen and oxygen atoms in total. The van der Waals surface area contributed by atoms with E-state index < -0.39 is 6.04 Å². The second kappa shape index (κ2) is 9.80. The Labute approximate surface area is 209 Å². The van der Waals surface area contributed by atoms with E-state index in [4.69, 9.17) is 11.6 Å². The van der Waals surface area contributed by atoms with Crippen molar-refractivity contribution >= 4 is 40.7 Å². The van der Waals surface area contributed by atoms with Gasteiger partial charge in [-0.15, -0.1) is 0 Å². The maximum Gasteiger partial charge on any atom is 0.322 e. The second-order valence-electron chi connectivity index (χ2n) is 8.75. The van der Waals surface area contributed by atoms with E-state index in [1.807, 2.05) is 55.6 Å². The summed E-state index contributed by atoms with van der Waals surface area (Å²) in [5.41, 5.74) is 4.41. The van der Waals surface area contributed by atoms with Crippen molar-refractivity contribution in [2.75, 3.05) is 30.8 Å². The van der Waals surface area contributed by atoms with Gasteiger partial charge in [-0.2, -0.15) is 0 Å². The van der Waals surface area contributed by atoms with Crippen LogP contribution >= 0.6 is 11.6 Å². The molecule has 0 radical (unpaired) electrons. The summed E-state index contributed by atoms with van der Waals surface area (Å²) in [6, 6.07) is 21.5. The van der Waals surface area contributed by atoms with Crippen LogP contribution in [0.3, 0.4) is 0 Å². The Bertz CT molecular complexity index is 1270. The summed E-state index contributed by atoms with van der Waals surface area (Å²) in [6.45, 7) is 2.05. The molecule has 1 atom stereocenters. The normalized spacial score (nSPS) is 17.0. The van der Waals surface area contributed by atoms with Crippen molar-refractivity contribution in [1.29, 1.82) is 0 Å². The van der Waals surface area contributed by atoms with Crippen LogP contribution in [0.5, 0.6) is 0 Å². The highest BCUT2D eigenvalue weighted by Crippen LogP contribution is 2.26. The molecule has 3 aromatic carbocycles. The third-order valence-electron chi connectivity index (χ3n) is 6.38. The van der Waals surface area contributed by atoms with E-state index >= 15 is 0 Å². The van der Waals surface area contributed by atoms with Gasteiger partial charge in [-0.3, -0.25) is 9.79 Å². The highest BCUT2D eigenvalue weighted by molar-refractivity contribution is 6.30. The van der Waals surface area contributed by atoms with Crippen molar-refractivity contribution in [1.82, 2.24) is 9.80 Å². The van der Waals surface area contributed by atoms with Crippen molar-refractivity contribution in [2.45, 2.75) is 19.0 Å². The van der Waals surface area contributed by atoms with Crippen LogP contribution in [0.2, 0.25) is 5.02 Å². The zero-order valence-electron chi connectivity index (χ0n) is 19.4. The zero-order valence-corrected chi connectivity index (χ0v) is 20.1. The lowest BCUT2D eigenvalue weighted by atomic mass is 9.93. The fourth-order valence-corrected chi connectivity index (χ4v) is 4.60. The Morgan fingerprint density at radius 3 is 2.26 bits per heavy atom. The van der Waals surface area contributed by atoms with Crippen LogP contribution in [0.4, 0.5) is 16.2 Å². The highest BCUT2D eigenvalue weighted by Gasteiger charge is 2.34. The number of fused-ring (bicyclic) bond motifs is 1. The summed E-state index contributed by atoms with van der Waals surface area (Å²) in [4.78, 5) is 34.9. The number of nitrogens with zero attached hydrogens (tertiary/aromatic N) is 3. The number of anilines is 2. The number of amides is 3. The van der Waals surface area contributed by atoms with Gasteiger partial charge < -0.3 is 20.4 Å². The monoisotopic (exact) mass is 487 g/mol. The average Bonchev–Trinajstić information content (AvgIpc) is 3.30. The summed E-state index contributed by atoms with van der Waals surface area (Å²) in [7, 11) is 2.02. The fourth-order valence-electron chi connectivity index (χ4n) is 4.47. The number of likely N-dealkylation sites (N-methyl/N-ethyl adjacent to an activating group) is 1. The second-order valence-corrected chi connectivity index (χ2v) is 9.18. The van der Waals surface area contributed by atoms with Crippen LogP contribution < -0.4 is 10.6 Å². The maximum atomic E-state index is 13.4. The fraction of sp³-hybridized carbons (Fsp3) is 0.222. The van der Waals surface area contributed by atoms with Gasteiger partial charge in [0.2, 0.25) is 5.91 Å². The Morgan fingerprint density at radius 1 is 0.914 bits per heavy atom. The van der Waals surface area contributed by atoms with Crippen LogP contribution in [0.1, 0.15) is 16.7 Å². The third kappa shape index (κ3) is 5.00. The predicted octanol–water partition coefficient (Wildman–Crippen LogP) is 4.63. The molecule has 3 amide bonds. The maximum absolute atomic E-state index is 13.4. The van der Waals surface area contributed by atoms with E-state index in [1.54, 1.807) is 29.2 Å². The molecule has 2 aliphatic heterocycles. The molecule has 0 spiro atoms. The molecule has 0 bridgehead atoms. The SMILES string of the molecule is CN1CCN=C1c1ccc(NC(=O)[C@@H]2Cc3ccccc3CN2C(=O)Nc2ccc(Cl)cc2)cc1. The molecular weight excluding hydrogens is 462 g/mol. The molecule has 0 fully saturated rings. The van der Waals surface area contributed by atoms with Gasteiger partial charge in [0.25, 0.3) is 0 Å². The lowest BCUT2D eigenvalue weighted by Gasteiger charge is -2.36. The van der Waals surface area contributed by atoms with E-state index in [1.165, 1.54) is 0 Å². The van der Waals surface area contributed by atoms with Crippen molar-refractivity contribution in [3.63, 3.8) is 0 Å². The number of hydrogen-bond donors (Lipinski definition) is 2. The molecule has 0 aromatic heterocycles. The topological polar surface area (TPSA) is 77.0 Å². The standard InChI is InChI=1S/C27H26ClN5O2/c1-32-15-14-29-25(32)18-6-10-22(11-7-18)30-26(34)24-16-19-4-2-3-5-20(19)17-33(24)27(35)31-23-12-8-21(28)9-13-23/h2-13,24H,14-17H2,1H3,(H,30,34)(H,31,35)/t24-/m0/s1. The lowest BCUT2D eigenvalue weighted by molar-refractivity contribution is -0.120. The number of rotatable bonds is 4. The molecule has 0 saturated carbocycles. The first-order valence-electron chi connectivity index (χ1n) is 11.5. The van der Waals surface area contributed by atoms with Crippen molar-refractivity contribution in [3.8, 4) is 0 Å². The van der Waals surface area contributed by atoms with Gasteiger partial charge in [0.15, 0.2) is 0 Å². The van der Waals surface area contributed by atoms with Crippen LogP contribution in [0.15, 0.2) is 77.8 Å². The number of nitrogens with one attached hydrogen (secondary N) is 2. The molecule has 2 aliphatic rings. The minimum atomic E-state index is -0.651. The van der Waals surface area contributed by atoms with Gasteiger partial charge >= 0.3 is 6.03 Å². The van der Waals surface area contributed by atoms with Crippen LogP contribution in [0.25, 0.3) is 0 Å².